The first-order chi connectivity index (χ1) is 16.2. The molecule has 0 aliphatic carbocycles. The normalized spacial score (nSPS) is 13.4. The van der Waals surface area contributed by atoms with Crippen molar-refractivity contribution in [2.75, 3.05) is 22.5 Å². The zero-order chi connectivity index (χ0) is 24.3. The molecule has 174 valence electrons. The molecular weight excluding hydrogens is 515 g/mol. The van der Waals surface area contributed by atoms with Crippen LogP contribution in [0.3, 0.4) is 0 Å². The molecule has 1 aliphatic rings. The first-order valence-corrected chi connectivity index (χ1v) is 10.7. The first kappa shape index (κ1) is 23.3. The largest absolute Gasteiger partial charge is 0.418 e. The van der Waals surface area contributed by atoms with Crippen LogP contribution in [0.1, 0.15) is 15.9 Å². The summed E-state index contributed by atoms with van der Waals surface area (Å²) in [5.41, 5.74) is 0.581. The van der Waals surface area contributed by atoms with Crippen molar-refractivity contribution in [2.24, 2.45) is 4.99 Å². The minimum Gasteiger partial charge on any atom is -0.374 e. The Balaban J connectivity index is 1.69. The molecule has 11 heteroatoms. The molecule has 4 rings (SSSR count). The number of amides is 2. The second-order valence-electron chi connectivity index (χ2n) is 7.22. The first-order valence-electron chi connectivity index (χ1n) is 9.96. The highest BCUT2D eigenvalue weighted by atomic mass is 79.9. The SMILES string of the molecule is O=C1CNc2cc(NC(=Nc3ccccc3C(F)(F)F)NC(=O)c3ccc(Br)cc3)ccc2N1. The van der Waals surface area contributed by atoms with Gasteiger partial charge in [0.2, 0.25) is 11.9 Å². The van der Waals surface area contributed by atoms with Gasteiger partial charge in [-0.25, -0.2) is 4.99 Å². The summed E-state index contributed by atoms with van der Waals surface area (Å²) in [4.78, 5) is 28.4. The monoisotopic (exact) mass is 531 g/mol. The third kappa shape index (κ3) is 5.54. The fourth-order valence-corrected chi connectivity index (χ4v) is 3.45. The molecule has 0 saturated carbocycles. The second-order valence-corrected chi connectivity index (χ2v) is 8.14. The number of benzene rings is 3. The molecule has 0 atom stereocenters. The maximum Gasteiger partial charge on any atom is 0.418 e. The lowest BCUT2D eigenvalue weighted by molar-refractivity contribution is -0.137. The highest BCUT2D eigenvalue weighted by Crippen LogP contribution is 2.36. The van der Waals surface area contributed by atoms with Gasteiger partial charge in [0.15, 0.2) is 0 Å². The summed E-state index contributed by atoms with van der Waals surface area (Å²) in [6.45, 7) is 0.0800. The highest BCUT2D eigenvalue weighted by molar-refractivity contribution is 9.10. The van der Waals surface area contributed by atoms with E-state index in [2.05, 4.69) is 42.2 Å². The van der Waals surface area contributed by atoms with E-state index < -0.39 is 17.6 Å². The number of alkyl halides is 3. The third-order valence-corrected chi connectivity index (χ3v) is 5.30. The van der Waals surface area contributed by atoms with Crippen LogP contribution in [0.2, 0.25) is 0 Å². The predicted molar refractivity (Wildman–Crippen MR) is 127 cm³/mol. The number of anilines is 3. The number of carbonyl (C=O) groups is 2. The van der Waals surface area contributed by atoms with Crippen LogP contribution in [-0.2, 0) is 11.0 Å². The van der Waals surface area contributed by atoms with Gasteiger partial charge in [-0.05, 0) is 54.6 Å². The Morgan fingerprint density at radius 2 is 1.74 bits per heavy atom. The molecule has 3 aromatic rings. The van der Waals surface area contributed by atoms with E-state index in [1.165, 1.54) is 18.2 Å². The fourth-order valence-electron chi connectivity index (χ4n) is 3.18. The van der Waals surface area contributed by atoms with E-state index in [-0.39, 0.29) is 29.7 Å². The van der Waals surface area contributed by atoms with Gasteiger partial charge in [0.05, 0.1) is 29.2 Å². The summed E-state index contributed by atoms with van der Waals surface area (Å²) in [5, 5.41) is 11.1. The summed E-state index contributed by atoms with van der Waals surface area (Å²) in [6, 6.07) is 16.1. The average molecular weight is 532 g/mol. The Morgan fingerprint density at radius 1 is 1.00 bits per heavy atom. The van der Waals surface area contributed by atoms with Crippen molar-refractivity contribution < 1.29 is 22.8 Å². The quantitative estimate of drug-likeness (QED) is 0.270. The number of nitrogens with zero attached hydrogens (tertiary/aromatic N) is 1. The lowest BCUT2D eigenvalue weighted by Crippen LogP contribution is -2.36. The number of aliphatic imine (C=N–C) groups is 1. The van der Waals surface area contributed by atoms with E-state index in [4.69, 9.17) is 0 Å². The van der Waals surface area contributed by atoms with Crippen molar-refractivity contribution in [3.8, 4) is 0 Å². The molecule has 4 N–H and O–H groups in total. The Bertz CT molecular complexity index is 1280. The molecule has 2 amide bonds. The number of nitrogens with one attached hydrogen (secondary N) is 4. The Morgan fingerprint density at radius 3 is 2.47 bits per heavy atom. The maximum absolute atomic E-state index is 13.5. The van der Waals surface area contributed by atoms with Gasteiger partial charge in [0.1, 0.15) is 0 Å². The predicted octanol–water partition coefficient (Wildman–Crippen LogP) is 5.36. The summed E-state index contributed by atoms with van der Waals surface area (Å²) in [5.74, 6) is -0.961. The van der Waals surface area contributed by atoms with E-state index in [9.17, 15) is 22.8 Å². The molecule has 1 aliphatic heterocycles. The fraction of sp³-hybridized carbons (Fsp3) is 0.0870. The minimum atomic E-state index is -4.63. The number of halogens is 4. The lowest BCUT2D eigenvalue weighted by atomic mass is 10.2. The molecule has 0 saturated heterocycles. The van der Waals surface area contributed by atoms with Gasteiger partial charge in [-0.3, -0.25) is 14.9 Å². The zero-order valence-corrected chi connectivity index (χ0v) is 18.9. The van der Waals surface area contributed by atoms with Crippen LogP contribution >= 0.6 is 15.9 Å². The molecule has 0 bridgehead atoms. The zero-order valence-electron chi connectivity index (χ0n) is 17.3. The number of hydrogen-bond donors (Lipinski definition) is 4. The molecular formula is C23H17BrF3N5O2. The van der Waals surface area contributed by atoms with Gasteiger partial charge < -0.3 is 16.0 Å². The topological polar surface area (TPSA) is 94.6 Å². The van der Waals surface area contributed by atoms with Crippen molar-refractivity contribution in [1.82, 2.24) is 5.32 Å². The van der Waals surface area contributed by atoms with Gasteiger partial charge in [-0.15, -0.1) is 0 Å². The molecule has 7 nitrogen and oxygen atoms in total. The smallest absolute Gasteiger partial charge is 0.374 e. The van der Waals surface area contributed by atoms with Gasteiger partial charge in [0, 0.05) is 15.7 Å². The summed E-state index contributed by atoms with van der Waals surface area (Å²) < 4.78 is 41.2. The standard InChI is InChI=1S/C23H17BrF3N5O2/c24-14-7-5-13(6-8-14)21(34)32-22(31-17-4-2-1-3-16(17)23(25,26)27)29-15-9-10-18-19(11-15)28-12-20(33)30-18/h1-11,28H,12H2,(H,30,33)(H2,29,31,32,34). The van der Waals surface area contributed by atoms with E-state index in [1.807, 2.05) is 0 Å². The molecule has 3 aromatic carbocycles. The number of rotatable bonds is 3. The Hall–Kier alpha value is -3.86. The van der Waals surface area contributed by atoms with Crippen LogP contribution in [-0.4, -0.2) is 24.3 Å². The van der Waals surface area contributed by atoms with Crippen molar-refractivity contribution >= 4 is 56.5 Å². The second kappa shape index (κ2) is 9.56. The minimum absolute atomic E-state index is 0.0800. The number of para-hydroxylation sites is 1. The average Bonchev–Trinajstić information content (AvgIpc) is 2.79. The van der Waals surface area contributed by atoms with E-state index in [1.54, 1.807) is 42.5 Å². The number of fused-ring (bicyclic) bond motifs is 1. The maximum atomic E-state index is 13.5. The van der Waals surface area contributed by atoms with Crippen molar-refractivity contribution in [2.45, 2.75) is 6.18 Å². The Kier molecular flexibility index (Phi) is 6.55. The van der Waals surface area contributed by atoms with Gasteiger partial charge >= 0.3 is 6.18 Å². The van der Waals surface area contributed by atoms with Crippen molar-refractivity contribution in [3.05, 3.63) is 82.3 Å². The van der Waals surface area contributed by atoms with Crippen LogP contribution in [0.15, 0.2) is 76.2 Å². The molecule has 0 radical (unpaired) electrons. The van der Waals surface area contributed by atoms with Gasteiger partial charge in [-0.1, -0.05) is 28.1 Å². The van der Waals surface area contributed by atoms with Crippen LogP contribution in [0.25, 0.3) is 0 Å². The lowest BCUT2D eigenvalue weighted by Gasteiger charge is -2.20. The van der Waals surface area contributed by atoms with Crippen molar-refractivity contribution in [1.29, 1.82) is 0 Å². The number of hydrogen-bond acceptors (Lipinski definition) is 4. The van der Waals surface area contributed by atoms with Gasteiger partial charge in [0.25, 0.3) is 5.91 Å². The molecule has 1 heterocycles. The number of guanidine groups is 1. The molecule has 0 spiro atoms. The van der Waals surface area contributed by atoms with Crippen LogP contribution in [0.4, 0.5) is 35.9 Å². The molecule has 34 heavy (non-hydrogen) atoms. The molecule has 0 unspecified atom stereocenters. The van der Waals surface area contributed by atoms with Crippen LogP contribution < -0.4 is 21.3 Å². The van der Waals surface area contributed by atoms with Crippen LogP contribution in [0, 0.1) is 0 Å². The van der Waals surface area contributed by atoms with Gasteiger partial charge in [-0.2, -0.15) is 13.2 Å². The van der Waals surface area contributed by atoms with E-state index >= 15 is 0 Å². The number of carbonyl (C=O) groups excluding carboxylic acids is 2. The molecule has 0 aromatic heterocycles. The summed E-state index contributed by atoms with van der Waals surface area (Å²) in [7, 11) is 0. The van der Waals surface area contributed by atoms with E-state index in [0.717, 1.165) is 10.5 Å². The van der Waals surface area contributed by atoms with E-state index in [0.29, 0.717) is 17.1 Å². The summed E-state index contributed by atoms with van der Waals surface area (Å²) >= 11 is 3.29. The molecule has 0 fully saturated rings. The highest BCUT2D eigenvalue weighted by Gasteiger charge is 2.33. The van der Waals surface area contributed by atoms with Crippen LogP contribution in [0.5, 0.6) is 0 Å². The third-order valence-electron chi connectivity index (χ3n) is 4.78. The Labute approximate surface area is 200 Å². The summed E-state index contributed by atoms with van der Waals surface area (Å²) in [6.07, 6.45) is -4.63. The van der Waals surface area contributed by atoms with Crippen molar-refractivity contribution in [3.63, 3.8) is 0 Å².